The van der Waals surface area contributed by atoms with Crippen molar-refractivity contribution >= 4 is 23.6 Å². The first-order valence-corrected chi connectivity index (χ1v) is 9.49. The van der Waals surface area contributed by atoms with Gasteiger partial charge in [0.15, 0.2) is 0 Å². The highest BCUT2D eigenvalue weighted by atomic mass is 35.5. The minimum Gasteiger partial charge on any atom is -0.496 e. The first-order valence-electron chi connectivity index (χ1n) is 9.12. The lowest BCUT2D eigenvalue weighted by molar-refractivity contribution is -0.128. The average molecular weight is 386 g/mol. The van der Waals surface area contributed by atoms with Crippen molar-refractivity contribution in [3.63, 3.8) is 0 Å². The van der Waals surface area contributed by atoms with E-state index in [2.05, 4.69) is 0 Å². The summed E-state index contributed by atoms with van der Waals surface area (Å²) in [5.41, 5.74) is 1.91. The third-order valence-electron chi connectivity index (χ3n) is 4.60. The standard InChI is InChI=1S/C22H24ClNO3/c1-26-21-7-3-2-5-18(21)15-24(16-20-6-4-14-27-20)22(25)13-10-17-8-11-19(23)12-9-17/h2-3,5,7-13,20H,4,6,14-16H2,1H3/b13-10+. The molecule has 2 aromatic rings. The molecule has 0 aromatic heterocycles. The number of halogens is 1. The van der Waals surface area contributed by atoms with Crippen LogP contribution in [0.5, 0.6) is 5.75 Å². The van der Waals surface area contributed by atoms with Crippen molar-refractivity contribution in [1.82, 2.24) is 4.90 Å². The first kappa shape index (κ1) is 19.5. The molecule has 0 bridgehead atoms. The van der Waals surface area contributed by atoms with E-state index in [9.17, 15) is 4.79 Å². The van der Waals surface area contributed by atoms with Gasteiger partial charge in [0.05, 0.1) is 13.2 Å². The molecule has 142 valence electrons. The molecular weight excluding hydrogens is 362 g/mol. The highest BCUT2D eigenvalue weighted by Gasteiger charge is 2.22. The average Bonchev–Trinajstić information content (AvgIpc) is 3.20. The van der Waals surface area contributed by atoms with Gasteiger partial charge in [0, 0.05) is 36.4 Å². The lowest BCUT2D eigenvalue weighted by Gasteiger charge is -2.25. The van der Waals surface area contributed by atoms with E-state index in [1.54, 1.807) is 13.2 Å². The van der Waals surface area contributed by atoms with Gasteiger partial charge in [0.25, 0.3) is 0 Å². The molecule has 1 heterocycles. The van der Waals surface area contributed by atoms with Crippen LogP contribution in [0.25, 0.3) is 6.08 Å². The predicted octanol–water partition coefficient (Wildman–Crippen LogP) is 4.57. The van der Waals surface area contributed by atoms with E-state index in [-0.39, 0.29) is 12.0 Å². The number of ether oxygens (including phenoxy) is 2. The van der Waals surface area contributed by atoms with Crippen molar-refractivity contribution in [1.29, 1.82) is 0 Å². The van der Waals surface area contributed by atoms with Crippen molar-refractivity contribution in [2.45, 2.75) is 25.5 Å². The fourth-order valence-corrected chi connectivity index (χ4v) is 3.28. The van der Waals surface area contributed by atoms with Gasteiger partial charge in [-0.05, 0) is 42.7 Å². The fourth-order valence-electron chi connectivity index (χ4n) is 3.15. The summed E-state index contributed by atoms with van der Waals surface area (Å²) in [5.74, 6) is 0.732. The number of methoxy groups -OCH3 is 1. The Morgan fingerprint density at radius 2 is 2.04 bits per heavy atom. The van der Waals surface area contributed by atoms with Crippen molar-refractivity contribution in [3.05, 3.63) is 70.8 Å². The molecule has 0 spiro atoms. The minimum absolute atomic E-state index is 0.0497. The number of carbonyl (C=O) groups is 1. The highest BCUT2D eigenvalue weighted by molar-refractivity contribution is 6.30. The molecule has 1 aliphatic rings. The Labute approximate surface area is 165 Å². The quantitative estimate of drug-likeness (QED) is 0.655. The molecule has 0 saturated carbocycles. The monoisotopic (exact) mass is 385 g/mol. The lowest BCUT2D eigenvalue weighted by Crippen LogP contribution is -2.36. The molecule has 1 saturated heterocycles. The Bertz CT molecular complexity index is 782. The van der Waals surface area contributed by atoms with Crippen molar-refractivity contribution < 1.29 is 14.3 Å². The van der Waals surface area contributed by atoms with Gasteiger partial charge in [-0.3, -0.25) is 4.79 Å². The molecule has 0 N–H and O–H groups in total. The van der Waals surface area contributed by atoms with Crippen LogP contribution in [0.15, 0.2) is 54.6 Å². The van der Waals surface area contributed by atoms with E-state index in [0.717, 1.165) is 36.3 Å². The summed E-state index contributed by atoms with van der Waals surface area (Å²) in [4.78, 5) is 14.7. The smallest absolute Gasteiger partial charge is 0.246 e. The topological polar surface area (TPSA) is 38.8 Å². The van der Waals surface area contributed by atoms with Gasteiger partial charge in [-0.1, -0.05) is 41.9 Å². The predicted molar refractivity (Wildman–Crippen MR) is 108 cm³/mol. The number of benzene rings is 2. The highest BCUT2D eigenvalue weighted by Crippen LogP contribution is 2.21. The molecule has 3 rings (SSSR count). The second kappa shape index (κ2) is 9.58. The number of nitrogens with zero attached hydrogens (tertiary/aromatic N) is 1. The Balaban J connectivity index is 1.75. The van der Waals surface area contributed by atoms with Gasteiger partial charge in [-0.15, -0.1) is 0 Å². The zero-order valence-electron chi connectivity index (χ0n) is 15.4. The van der Waals surface area contributed by atoms with E-state index in [4.69, 9.17) is 21.1 Å². The summed E-state index contributed by atoms with van der Waals surface area (Å²) in [6, 6.07) is 15.2. The molecule has 1 amide bonds. The van der Waals surface area contributed by atoms with Crippen LogP contribution in [0.4, 0.5) is 0 Å². The van der Waals surface area contributed by atoms with Crippen LogP contribution in [0.3, 0.4) is 0 Å². The van der Waals surface area contributed by atoms with Crippen molar-refractivity contribution in [3.8, 4) is 5.75 Å². The molecule has 0 radical (unpaired) electrons. The number of rotatable bonds is 7. The normalized spacial score (nSPS) is 16.6. The van der Waals surface area contributed by atoms with Gasteiger partial charge in [0.1, 0.15) is 5.75 Å². The minimum atomic E-state index is -0.0497. The summed E-state index contributed by atoms with van der Waals surface area (Å²) >= 11 is 5.91. The van der Waals surface area contributed by atoms with Gasteiger partial charge >= 0.3 is 0 Å². The molecule has 5 heteroatoms. The second-order valence-corrected chi connectivity index (χ2v) is 6.99. The van der Waals surface area contributed by atoms with E-state index >= 15 is 0 Å². The maximum Gasteiger partial charge on any atom is 0.246 e. The van der Waals surface area contributed by atoms with Crippen LogP contribution in [0.2, 0.25) is 5.02 Å². The Morgan fingerprint density at radius 1 is 1.26 bits per heavy atom. The molecule has 2 aromatic carbocycles. The third kappa shape index (κ3) is 5.59. The van der Waals surface area contributed by atoms with Crippen LogP contribution in [-0.2, 0) is 16.1 Å². The molecule has 27 heavy (non-hydrogen) atoms. The molecule has 0 aliphatic carbocycles. The summed E-state index contributed by atoms with van der Waals surface area (Å²) < 4.78 is 11.2. The van der Waals surface area contributed by atoms with Crippen LogP contribution < -0.4 is 4.74 Å². The SMILES string of the molecule is COc1ccccc1CN(CC1CCCO1)C(=O)/C=C/c1ccc(Cl)cc1. The van der Waals surface area contributed by atoms with Crippen molar-refractivity contribution in [2.24, 2.45) is 0 Å². The van der Waals surface area contributed by atoms with Crippen molar-refractivity contribution in [2.75, 3.05) is 20.3 Å². The third-order valence-corrected chi connectivity index (χ3v) is 4.85. The summed E-state index contributed by atoms with van der Waals surface area (Å²) in [6.07, 6.45) is 5.53. The van der Waals surface area contributed by atoms with Gasteiger partial charge < -0.3 is 14.4 Å². The maximum atomic E-state index is 12.9. The van der Waals surface area contributed by atoms with Gasteiger partial charge in [0.2, 0.25) is 5.91 Å². The molecule has 1 atom stereocenters. The van der Waals surface area contributed by atoms with Gasteiger partial charge in [-0.2, -0.15) is 0 Å². The zero-order valence-corrected chi connectivity index (χ0v) is 16.2. The summed E-state index contributed by atoms with van der Waals surface area (Å²) in [5, 5.41) is 0.676. The second-order valence-electron chi connectivity index (χ2n) is 6.55. The lowest BCUT2D eigenvalue weighted by atomic mass is 10.1. The zero-order chi connectivity index (χ0) is 19.1. The Hall–Kier alpha value is -2.30. The number of carbonyl (C=O) groups excluding carboxylic acids is 1. The number of hydrogen-bond acceptors (Lipinski definition) is 3. The van der Waals surface area contributed by atoms with E-state index in [1.807, 2.05) is 59.5 Å². The molecule has 1 fully saturated rings. The largest absolute Gasteiger partial charge is 0.496 e. The van der Waals surface area contributed by atoms with E-state index in [1.165, 1.54) is 0 Å². The van der Waals surface area contributed by atoms with E-state index in [0.29, 0.717) is 18.1 Å². The summed E-state index contributed by atoms with van der Waals surface area (Å²) in [7, 11) is 1.64. The Morgan fingerprint density at radius 3 is 2.74 bits per heavy atom. The molecular formula is C22H24ClNO3. The van der Waals surface area contributed by atoms with Crippen LogP contribution in [-0.4, -0.2) is 37.2 Å². The van der Waals surface area contributed by atoms with Crippen LogP contribution in [0.1, 0.15) is 24.0 Å². The van der Waals surface area contributed by atoms with Crippen LogP contribution in [0, 0.1) is 0 Å². The Kier molecular flexibility index (Phi) is 6.91. The van der Waals surface area contributed by atoms with Crippen LogP contribution >= 0.6 is 11.6 Å². The van der Waals surface area contributed by atoms with E-state index < -0.39 is 0 Å². The molecule has 1 aliphatic heterocycles. The molecule has 1 unspecified atom stereocenters. The first-order chi connectivity index (χ1) is 13.2. The summed E-state index contributed by atoms with van der Waals surface area (Å²) in [6.45, 7) is 1.82. The number of hydrogen-bond donors (Lipinski definition) is 0. The maximum absolute atomic E-state index is 12.9. The number of amides is 1. The molecule has 4 nitrogen and oxygen atoms in total. The fraction of sp³-hybridized carbons (Fsp3) is 0.318. The van der Waals surface area contributed by atoms with Gasteiger partial charge in [-0.25, -0.2) is 0 Å². The number of para-hydroxylation sites is 1.